The second-order valence-electron chi connectivity index (χ2n) is 2.88. The summed E-state index contributed by atoms with van der Waals surface area (Å²) in [5.74, 6) is 0. The third-order valence-corrected chi connectivity index (χ3v) is 1.70. The third-order valence-electron chi connectivity index (χ3n) is 1.70. The lowest BCUT2D eigenvalue weighted by molar-refractivity contribution is -0.0907. The van der Waals surface area contributed by atoms with Gasteiger partial charge in [0, 0.05) is 6.42 Å². The van der Waals surface area contributed by atoms with Gasteiger partial charge in [0.1, 0.15) is 12.2 Å². The summed E-state index contributed by atoms with van der Waals surface area (Å²) in [6.07, 6.45) is -5.73. The van der Waals surface area contributed by atoms with Crippen LogP contribution in [0.25, 0.3) is 0 Å². The van der Waals surface area contributed by atoms with Crippen LogP contribution in [0.3, 0.4) is 0 Å². The van der Waals surface area contributed by atoms with Gasteiger partial charge in [0.2, 0.25) is 0 Å². The van der Waals surface area contributed by atoms with Crippen molar-refractivity contribution in [3.8, 4) is 0 Å². The van der Waals surface area contributed by atoms with Gasteiger partial charge < -0.3 is 30.6 Å². The van der Waals surface area contributed by atoms with Crippen LogP contribution in [0.2, 0.25) is 0 Å². The predicted molar refractivity (Wildman–Crippen MR) is 42.8 cm³/mol. The zero-order valence-corrected chi connectivity index (χ0v) is 7.11. The predicted octanol–water partition coefficient (Wildman–Crippen LogP) is -3.20. The maximum Gasteiger partial charge on any atom is 0.108 e. The molecule has 0 saturated carbocycles. The number of hydrogen-bond donors (Lipinski definition) is 6. The molecule has 0 aliphatic carbocycles. The molecule has 80 valence electrons. The van der Waals surface area contributed by atoms with Crippen LogP contribution in [-0.4, -0.2) is 68.3 Å². The van der Waals surface area contributed by atoms with Crippen LogP contribution in [0, 0.1) is 0 Å². The first-order valence-electron chi connectivity index (χ1n) is 3.96. The topological polar surface area (TPSA) is 121 Å². The Morgan fingerprint density at radius 2 is 1.31 bits per heavy atom. The van der Waals surface area contributed by atoms with E-state index >= 15 is 0 Å². The van der Waals surface area contributed by atoms with Gasteiger partial charge in [0.15, 0.2) is 0 Å². The number of rotatable bonds is 6. The molecule has 0 saturated heterocycles. The average Bonchev–Trinajstić information content (AvgIpc) is 2.14. The highest BCUT2D eigenvalue weighted by Crippen LogP contribution is 2.06. The summed E-state index contributed by atoms with van der Waals surface area (Å²) >= 11 is 0. The van der Waals surface area contributed by atoms with E-state index in [2.05, 4.69) is 0 Å². The molecule has 0 aromatic heterocycles. The summed E-state index contributed by atoms with van der Waals surface area (Å²) in [6.45, 7) is -1.20. The summed E-state index contributed by atoms with van der Waals surface area (Å²) in [5, 5.41) is 52.8. The van der Waals surface area contributed by atoms with E-state index in [-0.39, 0.29) is 6.42 Å². The molecule has 0 radical (unpaired) electrons. The van der Waals surface area contributed by atoms with Gasteiger partial charge >= 0.3 is 0 Å². The Bertz CT molecular complexity index is 130. The monoisotopic (exact) mass is 196 g/mol. The van der Waals surface area contributed by atoms with Gasteiger partial charge in [-0.3, -0.25) is 0 Å². The van der Waals surface area contributed by atoms with E-state index in [0.29, 0.717) is 0 Å². The third kappa shape index (κ3) is 4.51. The fraction of sp³-hybridized carbons (Fsp3) is 1.00. The van der Waals surface area contributed by atoms with E-state index in [1.165, 1.54) is 0 Å². The van der Waals surface area contributed by atoms with Gasteiger partial charge in [-0.25, -0.2) is 0 Å². The van der Waals surface area contributed by atoms with Crippen molar-refractivity contribution >= 4 is 0 Å². The molecule has 0 aliphatic rings. The lowest BCUT2D eigenvalue weighted by Crippen LogP contribution is -2.41. The first-order chi connectivity index (χ1) is 6.02. The van der Waals surface area contributed by atoms with Crippen LogP contribution in [0.4, 0.5) is 0 Å². The Hall–Kier alpha value is -0.240. The van der Waals surface area contributed by atoms with Gasteiger partial charge in [-0.1, -0.05) is 0 Å². The van der Waals surface area contributed by atoms with Crippen molar-refractivity contribution < 1.29 is 30.6 Å². The minimum atomic E-state index is -1.52. The largest absolute Gasteiger partial charge is 0.394 e. The maximum absolute atomic E-state index is 9.13. The van der Waals surface area contributed by atoms with E-state index in [1.807, 2.05) is 0 Å². The minimum Gasteiger partial charge on any atom is -0.394 e. The number of aliphatic hydroxyl groups excluding tert-OH is 6. The smallest absolute Gasteiger partial charge is 0.108 e. The van der Waals surface area contributed by atoms with Crippen molar-refractivity contribution in [1.29, 1.82) is 0 Å². The minimum absolute atomic E-state index is 0.255. The van der Waals surface area contributed by atoms with E-state index in [9.17, 15) is 0 Å². The first-order valence-corrected chi connectivity index (χ1v) is 3.96. The summed E-state index contributed by atoms with van der Waals surface area (Å²) in [4.78, 5) is 0. The van der Waals surface area contributed by atoms with Crippen LogP contribution in [0.15, 0.2) is 0 Å². The van der Waals surface area contributed by atoms with Crippen molar-refractivity contribution in [2.45, 2.75) is 30.8 Å². The van der Waals surface area contributed by atoms with Crippen LogP contribution in [0.1, 0.15) is 6.42 Å². The van der Waals surface area contributed by atoms with E-state index < -0.39 is 37.6 Å². The second kappa shape index (κ2) is 6.25. The van der Waals surface area contributed by atoms with Crippen LogP contribution in [0.5, 0.6) is 0 Å². The fourth-order valence-corrected chi connectivity index (χ4v) is 0.857. The molecule has 6 N–H and O–H groups in total. The summed E-state index contributed by atoms with van der Waals surface area (Å²) in [7, 11) is 0. The van der Waals surface area contributed by atoms with E-state index in [0.717, 1.165) is 0 Å². The number of hydrogen-bond acceptors (Lipinski definition) is 6. The Kier molecular flexibility index (Phi) is 6.13. The van der Waals surface area contributed by atoms with E-state index in [4.69, 9.17) is 30.6 Å². The maximum atomic E-state index is 9.13. The second-order valence-corrected chi connectivity index (χ2v) is 2.88. The molecule has 0 aromatic carbocycles. The quantitative estimate of drug-likeness (QED) is 0.266. The molecular formula is C7H16O6. The molecule has 0 fully saturated rings. The highest BCUT2D eigenvalue weighted by atomic mass is 16.4. The molecule has 4 atom stereocenters. The Morgan fingerprint density at radius 1 is 0.769 bits per heavy atom. The van der Waals surface area contributed by atoms with Crippen molar-refractivity contribution in [3.63, 3.8) is 0 Å². The van der Waals surface area contributed by atoms with Gasteiger partial charge in [-0.05, 0) is 0 Å². The molecule has 13 heavy (non-hydrogen) atoms. The molecule has 4 unspecified atom stereocenters. The van der Waals surface area contributed by atoms with Crippen molar-refractivity contribution in [3.05, 3.63) is 0 Å². The Morgan fingerprint density at radius 3 is 1.69 bits per heavy atom. The van der Waals surface area contributed by atoms with Gasteiger partial charge in [-0.15, -0.1) is 0 Å². The van der Waals surface area contributed by atoms with Crippen LogP contribution in [-0.2, 0) is 0 Å². The molecular weight excluding hydrogens is 180 g/mol. The van der Waals surface area contributed by atoms with Crippen LogP contribution < -0.4 is 0 Å². The number of aliphatic hydroxyl groups is 6. The zero-order valence-electron chi connectivity index (χ0n) is 7.11. The van der Waals surface area contributed by atoms with Gasteiger partial charge in [0.05, 0.1) is 25.4 Å². The van der Waals surface area contributed by atoms with Crippen molar-refractivity contribution in [2.75, 3.05) is 13.2 Å². The molecule has 0 rings (SSSR count). The molecule has 6 heteroatoms. The highest BCUT2D eigenvalue weighted by molar-refractivity contribution is 4.76. The average molecular weight is 196 g/mol. The first kappa shape index (κ1) is 12.8. The summed E-state index contributed by atoms with van der Waals surface area (Å²) < 4.78 is 0. The van der Waals surface area contributed by atoms with Gasteiger partial charge in [-0.2, -0.15) is 0 Å². The lowest BCUT2D eigenvalue weighted by Gasteiger charge is -2.22. The van der Waals surface area contributed by atoms with Crippen molar-refractivity contribution in [2.24, 2.45) is 0 Å². The molecule has 0 bridgehead atoms. The lowest BCUT2D eigenvalue weighted by atomic mass is 10.0. The zero-order chi connectivity index (χ0) is 10.4. The Labute approximate surface area is 75.7 Å². The SMILES string of the molecule is OCC(O)CC(O)C(O)C(O)CO. The Balaban J connectivity index is 3.87. The molecule has 0 spiro atoms. The summed E-state index contributed by atoms with van der Waals surface area (Å²) in [5.41, 5.74) is 0. The molecule has 0 amide bonds. The van der Waals surface area contributed by atoms with Gasteiger partial charge in [0.25, 0.3) is 0 Å². The molecule has 0 aliphatic heterocycles. The molecule has 0 aromatic rings. The normalized spacial score (nSPS) is 20.8. The fourth-order valence-electron chi connectivity index (χ4n) is 0.857. The van der Waals surface area contributed by atoms with Crippen LogP contribution >= 0.6 is 0 Å². The van der Waals surface area contributed by atoms with E-state index in [1.54, 1.807) is 0 Å². The molecule has 6 nitrogen and oxygen atoms in total. The highest BCUT2D eigenvalue weighted by Gasteiger charge is 2.25. The molecule has 0 heterocycles. The van der Waals surface area contributed by atoms with Crippen molar-refractivity contribution in [1.82, 2.24) is 0 Å². The standard InChI is InChI=1S/C7H16O6/c8-2-4(10)1-5(11)7(13)6(12)3-9/h4-13H,1-3H2. The summed E-state index contributed by atoms with van der Waals surface area (Å²) in [6, 6.07) is 0.